The Kier molecular flexibility index (Phi) is 3.54. The highest BCUT2D eigenvalue weighted by Gasteiger charge is 2.17. The normalized spacial score (nSPS) is 11.3. The molecule has 0 aliphatic rings. The molecule has 0 fully saturated rings. The van der Waals surface area contributed by atoms with Gasteiger partial charge in [-0.05, 0) is 37.3 Å². The molecule has 7 heteroatoms. The predicted molar refractivity (Wildman–Crippen MR) is 87.4 cm³/mol. The zero-order chi connectivity index (χ0) is 16.6. The maximum Gasteiger partial charge on any atom is 0.262 e. The van der Waals surface area contributed by atoms with Crippen molar-refractivity contribution in [3.63, 3.8) is 0 Å². The summed E-state index contributed by atoms with van der Waals surface area (Å²) < 4.78 is 29.4. The van der Waals surface area contributed by atoms with Crippen molar-refractivity contribution in [3.05, 3.63) is 53.9 Å². The van der Waals surface area contributed by atoms with Crippen molar-refractivity contribution in [3.8, 4) is 6.07 Å². The molecule has 0 unspecified atom stereocenters. The van der Waals surface area contributed by atoms with E-state index >= 15 is 0 Å². The molecule has 0 bridgehead atoms. The van der Waals surface area contributed by atoms with Gasteiger partial charge in [-0.1, -0.05) is 12.1 Å². The molecule has 0 spiro atoms. The molecule has 1 N–H and O–H groups in total. The second-order valence-electron chi connectivity index (χ2n) is 5.13. The first kappa shape index (κ1) is 15.1. The number of sulfonamides is 1. The molecule has 0 amide bonds. The molecule has 0 aliphatic heterocycles. The van der Waals surface area contributed by atoms with Crippen LogP contribution in [-0.4, -0.2) is 18.0 Å². The third kappa shape index (κ3) is 2.64. The Bertz CT molecular complexity index is 1050. The number of nitrogens with zero attached hydrogens (tertiary/aromatic N) is 3. The average molecular weight is 326 g/mol. The number of para-hydroxylation sites is 1. The van der Waals surface area contributed by atoms with Gasteiger partial charge in [0.25, 0.3) is 10.0 Å². The molecule has 1 heterocycles. The Morgan fingerprint density at radius 2 is 1.96 bits per heavy atom. The molecule has 3 aromatic rings. The van der Waals surface area contributed by atoms with Gasteiger partial charge in [0.2, 0.25) is 0 Å². The largest absolute Gasteiger partial charge is 0.331 e. The summed E-state index contributed by atoms with van der Waals surface area (Å²) in [5, 5.41) is 9.06. The van der Waals surface area contributed by atoms with Crippen LogP contribution in [0.2, 0.25) is 0 Å². The number of aromatic nitrogens is 2. The van der Waals surface area contributed by atoms with Gasteiger partial charge in [0.1, 0.15) is 11.9 Å². The van der Waals surface area contributed by atoms with E-state index in [4.69, 9.17) is 5.26 Å². The van der Waals surface area contributed by atoms with Gasteiger partial charge in [0.05, 0.1) is 27.2 Å². The minimum Gasteiger partial charge on any atom is -0.331 e. The van der Waals surface area contributed by atoms with Crippen molar-refractivity contribution < 1.29 is 8.42 Å². The SMILES string of the molecule is Cc1nc2cc(S(=O)(=O)Nc3ccccc3C#N)ccc2n1C. The van der Waals surface area contributed by atoms with Crippen LogP contribution in [0.15, 0.2) is 47.4 Å². The van der Waals surface area contributed by atoms with Crippen LogP contribution in [0.25, 0.3) is 11.0 Å². The monoisotopic (exact) mass is 326 g/mol. The standard InChI is InChI=1S/C16H14N4O2S/c1-11-18-15-9-13(7-8-16(15)20(11)2)23(21,22)19-14-6-4-3-5-12(14)10-17/h3-9,19H,1-2H3. The molecule has 2 aromatic carbocycles. The quantitative estimate of drug-likeness (QED) is 0.801. The summed E-state index contributed by atoms with van der Waals surface area (Å²) in [5.41, 5.74) is 2.00. The van der Waals surface area contributed by atoms with Crippen LogP contribution in [0.5, 0.6) is 0 Å². The summed E-state index contributed by atoms with van der Waals surface area (Å²) in [6.07, 6.45) is 0. The minimum atomic E-state index is -3.79. The van der Waals surface area contributed by atoms with Crippen LogP contribution >= 0.6 is 0 Å². The summed E-state index contributed by atoms with van der Waals surface area (Å²) in [6, 6.07) is 13.2. The smallest absolute Gasteiger partial charge is 0.262 e. The van der Waals surface area contributed by atoms with Gasteiger partial charge in [-0.2, -0.15) is 5.26 Å². The van der Waals surface area contributed by atoms with E-state index < -0.39 is 10.0 Å². The van der Waals surface area contributed by atoms with Gasteiger partial charge >= 0.3 is 0 Å². The number of hydrogen-bond acceptors (Lipinski definition) is 4. The summed E-state index contributed by atoms with van der Waals surface area (Å²) >= 11 is 0. The highest BCUT2D eigenvalue weighted by Crippen LogP contribution is 2.23. The lowest BCUT2D eigenvalue weighted by atomic mass is 10.2. The number of rotatable bonds is 3. The Labute approximate surface area is 134 Å². The number of nitrogens with one attached hydrogen (secondary N) is 1. The first-order valence-electron chi connectivity index (χ1n) is 6.87. The number of imidazole rings is 1. The van der Waals surface area contributed by atoms with E-state index in [1.54, 1.807) is 30.3 Å². The molecule has 0 atom stereocenters. The number of fused-ring (bicyclic) bond motifs is 1. The maximum absolute atomic E-state index is 12.6. The summed E-state index contributed by atoms with van der Waals surface area (Å²) in [6.45, 7) is 1.86. The molecular weight excluding hydrogens is 312 g/mol. The molecule has 6 nitrogen and oxygen atoms in total. The van der Waals surface area contributed by atoms with Crippen LogP contribution in [0.1, 0.15) is 11.4 Å². The number of nitriles is 1. The fourth-order valence-corrected chi connectivity index (χ4v) is 3.44. The molecule has 1 aromatic heterocycles. The minimum absolute atomic E-state index is 0.107. The molecule has 116 valence electrons. The predicted octanol–water partition coefficient (Wildman–Crippen LogP) is 2.55. The van der Waals surface area contributed by atoms with Crippen LogP contribution in [0.3, 0.4) is 0 Å². The fraction of sp³-hybridized carbons (Fsp3) is 0.125. The first-order chi connectivity index (χ1) is 10.9. The van der Waals surface area contributed by atoms with E-state index in [9.17, 15) is 8.42 Å². The number of aryl methyl sites for hydroxylation is 2. The van der Waals surface area contributed by atoms with Gasteiger partial charge in [-0.25, -0.2) is 13.4 Å². The fourth-order valence-electron chi connectivity index (χ4n) is 2.34. The highest BCUT2D eigenvalue weighted by molar-refractivity contribution is 7.92. The molecule has 23 heavy (non-hydrogen) atoms. The lowest BCUT2D eigenvalue weighted by Crippen LogP contribution is -2.13. The molecule has 0 aliphatic carbocycles. The second-order valence-corrected chi connectivity index (χ2v) is 6.81. The van der Waals surface area contributed by atoms with E-state index in [1.165, 1.54) is 12.1 Å². The Balaban J connectivity index is 2.04. The van der Waals surface area contributed by atoms with Crippen molar-refractivity contribution in [1.82, 2.24) is 9.55 Å². The molecule has 0 saturated carbocycles. The summed E-state index contributed by atoms with van der Waals surface area (Å²) in [5.74, 6) is 0.803. The topological polar surface area (TPSA) is 87.8 Å². The zero-order valence-electron chi connectivity index (χ0n) is 12.6. The maximum atomic E-state index is 12.6. The van der Waals surface area contributed by atoms with Crippen LogP contribution in [0, 0.1) is 18.3 Å². The third-order valence-electron chi connectivity index (χ3n) is 3.68. The first-order valence-corrected chi connectivity index (χ1v) is 8.36. The average Bonchev–Trinajstić information content (AvgIpc) is 2.82. The van der Waals surface area contributed by atoms with Crippen molar-refractivity contribution in [2.24, 2.45) is 7.05 Å². The van der Waals surface area contributed by atoms with E-state index in [1.807, 2.05) is 24.6 Å². The lowest BCUT2D eigenvalue weighted by molar-refractivity contribution is 0.601. The molecule has 3 rings (SSSR count). The molecule has 0 radical (unpaired) electrons. The summed E-state index contributed by atoms with van der Waals surface area (Å²) in [7, 11) is -1.92. The van der Waals surface area contributed by atoms with E-state index in [-0.39, 0.29) is 16.1 Å². The van der Waals surface area contributed by atoms with Crippen molar-refractivity contribution in [2.45, 2.75) is 11.8 Å². The van der Waals surface area contributed by atoms with Gasteiger partial charge in [-0.15, -0.1) is 0 Å². The van der Waals surface area contributed by atoms with Crippen molar-refractivity contribution in [1.29, 1.82) is 5.26 Å². The molecular formula is C16H14N4O2S. The van der Waals surface area contributed by atoms with Crippen LogP contribution in [0.4, 0.5) is 5.69 Å². The Hall–Kier alpha value is -2.85. The van der Waals surface area contributed by atoms with E-state index in [0.717, 1.165) is 11.3 Å². The van der Waals surface area contributed by atoms with Crippen LogP contribution in [-0.2, 0) is 17.1 Å². The number of anilines is 1. The van der Waals surface area contributed by atoms with E-state index in [2.05, 4.69) is 9.71 Å². The third-order valence-corrected chi connectivity index (χ3v) is 5.04. The van der Waals surface area contributed by atoms with Crippen molar-refractivity contribution >= 4 is 26.7 Å². The van der Waals surface area contributed by atoms with Gasteiger partial charge in [0, 0.05) is 7.05 Å². The van der Waals surface area contributed by atoms with Crippen molar-refractivity contribution in [2.75, 3.05) is 4.72 Å². The summed E-state index contributed by atoms with van der Waals surface area (Å²) in [4.78, 5) is 4.45. The Morgan fingerprint density at radius 3 is 2.70 bits per heavy atom. The zero-order valence-corrected chi connectivity index (χ0v) is 13.4. The lowest BCUT2D eigenvalue weighted by Gasteiger charge is -2.09. The molecule has 0 saturated heterocycles. The Morgan fingerprint density at radius 1 is 1.22 bits per heavy atom. The van der Waals surface area contributed by atoms with E-state index in [0.29, 0.717) is 5.52 Å². The highest BCUT2D eigenvalue weighted by atomic mass is 32.2. The second kappa shape index (κ2) is 5.41. The van der Waals surface area contributed by atoms with Gasteiger partial charge in [0.15, 0.2) is 0 Å². The van der Waals surface area contributed by atoms with Crippen LogP contribution < -0.4 is 4.72 Å². The van der Waals surface area contributed by atoms with Gasteiger partial charge in [-0.3, -0.25) is 4.72 Å². The number of hydrogen-bond donors (Lipinski definition) is 1. The number of benzene rings is 2. The van der Waals surface area contributed by atoms with Gasteiger partial charge < -0.3 is 4.57 Å².